The number of hydrogen-bond acceptors (Lipinski definition) is 3. The molecule has 2 aliphatic heterocycles. The highest BCUT2D eigenvalue weighted by Gasteiger charge is 2.31. The smallest absolute Gasteiger partial charge is 0.314 e. The molecule has 0 aromatic carbocycles. The second-order valence-electron chi connectivity index (χ2n) is 5.63. The van der Waals surface area contributed by atoms with E-state index in [-0.39, 0.29) is 0 Å². The molecule has 0 spiro atoms. The molecule has 0 amide bonds. The van der Waals surface area contributed by atoms with E-state index in [1.54, 1.807) is 0 Å². The minimum Gasteiger partial charge on any atom is -0.481 e. The number of aliphatic carboxylic acids is 1. The Morgan fingerprint density at radius 1 is 1.47 bits per heavy atom. The van der Waals surface area contributed by atoms with Crippen LogP contribution in [0.5, 0.6) is 0 Å². The number of nitrogens with zero attached hydrogens (tertiary/aromatic N) is 3. The van der Waals surface area contributed by atoms with Gasteiger partial charge in [0.25, 0.3) is 0 Å². The first-order chi connectivity index (χ1) is 9.19. The molecular formula is C14H21N3O2. The summed E-state index contributed by atoms with van der Waals surface area (Å²) in [5.74, 6) is 0.0991. The van der Waals surface area contributed by atoms with Gasteiger partial charge in [0.15, 0.2) is 0 Å². The Hall–Kier alpha value is -1.36. The van der Waals surface area contributed by atoms with Crippen LogP contribution in [0.1, 0.15) is 49.5 Å². The van der Waals surface area contributed by atoms with Crippen molar-refractivity contribution in [1.29, 1.82) is 0 Å². The molecule has 2 atom stereocenters. The second kappa shape index (κ2) is 4.96. The summed E-state index contributed by atoms with van der Waals surface area (Å²) in [4.78, 5) is 18.4. The van der Waals surface area contributed by atoms with Gasteiger partial charge in [0.2, 0.25) is 0 Å². The number of fused-ring (bicyclic) bond motifs is 1. The van der Waals surface area contributed by atoms with E-state index >= 15 is 0 Å². The second-order valence-corrected chi connectivity index (χ2v) is 5.63. The number of likely N-dealkylation sites (tertiary alicyclic amines) is 1. The molecule has 5 nitrogen and oxygen atoms in total. The van der Waals surface area contributed by atoms with E-state index in [4.69, 9.17) is 0 Å². The van der Waals surface area contributed by atoms with Gasteiger partial charge in [0, 0.05) is 25.2 Å². The Labute approximate surface area is 113 Å². The number of carboxylic acid groups (broad SMARTS) is 1. The van der Waals surface area contributed by atoms with Gasteiger partial charge in [0.1, 0.15) is 11.7 Å². The fourth-order valence-electron chi connectivity index (χ4n) is 3.30. The molecule has 2 unspecified atom stereocenters. The predicted molar refractivity (Wildman–Crippen MR) is 71.3 cm³/mol. The maximum atomic E-state index is 11.3. The Morgan fingerprint density at radius 3 is 3.00 bits per heavy atom. The van der Waals surface area contributed by atoms with Crippen LogP contribution in [0, 0.1) is 0 Å². The lowest BCUT2D eigenvalue weighted by Gasteiger charge is -2.19. The molecule has 1 fully saturated rings. The fraction of sp³-hybridized carbons (Fsp3) is 0.714. The molecule has 1 aromatic rings. The average Bonchev–Trinajstić information content (AvgIpc) is 3.03. The molecule has 3 rings (SSSR count). The highest BCUT2D eigenvalue weighted by molar-refractivity contribution is 5.75. The molecule has 0 aliphatic carbocycles. The molecule has 0 bridgehead atoms. The van der Waals surface area contributed by atoms with Gasteiger partial charge in [-0.25, -0.2) is 4.98 Å². The van der Waals surface area contributed by atoms with Gasteiger partial charge in [0.05, 0.1) is 5.69 Å². The van der Waals surface area contributed by atoms with Crippen molar-refractivity contribution in [3.8, 4) is 0 Å². The molecule has 3 heterocycles. The van der Waals surface area contributed by atoms with Crippen LogP contribution in [0.3, 0.4) is 0 Å². The normalized spacial score (nSPS) is 27.4. The number of carboxylic acids is 1. The number of aryl methyl sites for hydroxylation is 1. The van der Waals surface area contributed by atoms with Crippen LogP contribution in [-0.2, 0) is 11.3 Å². The minimum absolute atomic E-state index is 0.411. The quantitative estimate of drug-likeness (QED) is 0.901. The van der Waals surface area contributed by atoms with Crippen LogP contribution in [0.4, 0.5) is 0 Å². The first-order valence-electron chi connectivity index (χ1n) is 7.21. The number of imidazole rings is 1. The largest absolute Gasteiger partial charge is 0.481 e. The number of hydrogen-bond donors (Lipinski definition) is 1. The van der Waals surface area contributed by atoms with E-state index in [1.165, 1.54) is 0 Å². The van der Waals surface area contributed by atoms with Gasteiger partial charge in [-0.2, -0.15) is 0 Å². The summed E-state index contributed by atoms with van der Waals surface area (Å²) in [6.07, 6.45) is 4.89. The molecule has 2 aliphatic rings. The molecular weight excluding hydrogens is 242 g/mol. The standard InChI is InChI=1S/C14H21N3O2/c1-2-16-7-5-10(8-16)12-9-17-6-3-4-11(14(18)19)13(17)15-12/h9-11H,2-8H2,1H3,(H,18,19). The maximum Gasteiger partial charge on any atom is 0.314 e. The van der Waals surface area contributed by atoms with Crippen molar-refractivity contribution in [1.82, 2.24) is 14.5 Å². The van der Waals surface area contributed by atoms with Crippen molar-refractivity contribution in [3.63, 3.8) is 0 Å². The van der Waals surface area contributed by atoms with Crippen molar-refractivity contribution in [2.75, 3.05) is 19.6 Å². The topological polar surface area (TPSA) is 58.4 Å². The molecule has 104 valence electrons. The van der Waals surface area contributed by atoms with Crippen LogP contribution < -0.4 is 0 Å². The van der Waals surface area contributed by atoms with Gasteiger partial charge >= 0.3 is 5.97 Å². The van der Waals surface area contributed by atoms with E-state index in [0.29, 0.717) is 5.92 Å². The van der Waals surface area contributed by atoms with Crippen molar-refractivity contribution >= 4 is 5.97 Å². The number of carbonyl (C=O) groups is 1. The Balaban J connectivity index is 1.84. The van der Waals surface area contributed by atoms with E-state index in [9.17, 15) is 9.90 Å². The summed E-state index contributed by atoms with van der Waals surface area (Å²) in [5, 5.41) is 9.28. The predicted octanol–water partition coefficient (Wildman–Crippen LogP) is 1.65. The first kappa shape index (κ1) is 12.7. The number of rotatable bonds is 3. The van der Waals surface area contributed by atoms with Crippen molar-refractivity contribution in [2.45, 2.75) is 44.6 Å². The average molecular weight is 263 g/mol. The van der Waals surface area contributed by atoms with Gasteiger partial charge < -0.3 is 14.6 Å². The summed E-state index contributed by atoms with van der Waals surface area (Å²) < 4.78 is 2.06. The summed E-state index contributed by atoms with van der Waals surface area (Å²) in [5.41, 5.74) is 1.10. The van der Waals surface area contributed by atoms with Crippen LogP contribution in [0.25, 0.3) is 0 Å². The van der Waals surface area contributed by atoms with Crippen molar-refractivity contribution in [3.05, 3.63) is 17.7 Å². The first-order valence-corrected chi connectivity index (χ1v) is 7.21. The Kier molecular flexibility index (Phi) is 3.31. The van der Waals surface area contributed by atoms with Gasteiger partial charge in [-0.15, -0.1) is 0 Å². The molecule has 0 saturated carbocycles. The Bertz CT molecular complexity index is 483. The third-order valence-corrected chi connectivity index (χ3v) is 4.47. The number of likely N-dealkylation sites (N-methyl/N-ethyl adjacent to an activating group) is 1. The monoisotopic (exact) mass is 263 g/mol. The van der Waals surface area contributed by atoms with E-state index in [1.807, 2.05) is 0 Å². The molecule has 1 N–H and O–H groups in total. The summed E-state index contributed by atoms with van der Waals surface area (Å²) in [6.45, 7) is 6.37. The highest BCUT2D eigenvalue weighted by atomic mass is 16.4. The van der Waals surface area contributed by atoms with E-state index < -0.39 is 11.9 Å². The summed E-state index contributed by atoms with van der Waals surface area (Å²) >= 11 is 0. The van der Waals surface area contributed by atoms with Gasteiger partial charge in [-0.3, -0.25) is 4.79 Å². The lowest BCUT2D eigenvalue weighted by Crippen LogP contribution is -2.22. The summed E-state index contributed by atoms with van der Waals surface area (Å²) in [7, 11) is 0. The van der Waals surface area contributed by atoms with Crippen molar-refractivity contribution in [2.24, 2.45) is 0 Å². The molecule has 19 heavy (non-hydrogen) atoms. The van der Waals surface area contributed by atoms with E-state index in [2.05, 4.69) is 27.6 Å². The van der Waals surface area contributed by atoms with Crippen LogP contribution in [-0.4, -0.2) is 45.2 Å². The molecule has 0 radical (unpaired) electrons. The lowest BCUT2D eigenvalue weighted by molar-refractivity contribution is -0.139. The molecule has 1 saturated heterocycles. The fourth-order valence-corrected chi connectivity index (χ4v) is 3.30. The van der Waals surface area contributed by atoms with Crippen LogP contribution in [0.15, 0.2) is 6.20 Å². The zero-order chi connectivity index (χ0) is 13.4. The number of aromatic nitrogens is 2. The maximum absolute atomic E-state index is 11.3. The molecule has 5 heteroatoms. The highest BCUT2D eigenvalue weighted by Crippen LogP contribution is 2.31. The lowest BCUT2D eigenvalue weighted by atomic mass is 9.99. The van der Waals surface area contributed by atoms with Crippen molar-refractivity contribution < 1.29 is 9.90 Å². The Morgan fingerprint density at radius 2 is 2.32 bits per heavy atom. The zero-order valence-electron chi connectivity index (χ0n) is 11.4. The molecule has 1 aromatic heterocycles. The van der Waals surface area contributed by atoms with Crippen LogP contribution >= 0.6 is 0 Å². The van der Waals surface area contributed by atoms with Crippen LogP contribution in [0.2, 0.25) is 0 Å². The SMILES string of the molecule is CCN1CCC(c2cn3c(n2)C(C(=O)O)CCC3)C1. The summed E-state index contributed by atoms with van der Waals surface area (Å²) in [6, 6.07) is 0. The van der Waals surface area contributed by atoms with Gasteiger partial charge in [-0.05, 0) is 32.4 Å². The minimum atomic E-state index is -0.736. The third-order valence-electron chi connectivity index (χ3n) is 4.47. The third kappa shape index (κ3) is 2.27. The van der Waals surface area contributed by atoms with Gasteiger partial charge in [-0.1, -0.05) is 6.92 Å². The zero-order valence-corrected chi connectivity index (χ0v) is 11.4. The van der Waals surface area contributed by atoms with E-state index in [0.717, 1.165) is 57.0 Å².